The average Bonchev–Trinajstić information content (AvgIpc) is 2.42. The number of aliphatic hydroxyl groups excluding tert-OH is 1. The van der Waals surface area contributed by atoms with Crippen LogP contribution in [0.15, 0.2) is 70.8 Å². The number of aliphatic hydroxyl groups is 1. The molecule has 83 heavy (non-hydrogen) atoms. The van der Waals surface area contributed by atoms with Crippen LogP contribution in [0.3, 0.4) is 0 Å². The third-order valence-electron chi connectivity index (χ3n) is 17.2. The van der Waals surface area contributed by atoms with Gasteiger partial charge in [0.25, 0.3) is 0 Å². The number of aromatic nitrogens is 7. The Bertz CT molecular complexity index is 3330. The number of ketones is 1. The summed E-state index contributed by atoms with van der Waals surface area (Å²) in [4.78, 5) is 74.0. The minimum Gasteiger partial charge on any atom is -0.477 e. The number of benzene rings is 2. The number of rotatable bonds is 16. The first kappa shape index (κ1) is 57.7. The highest BCUT2D eigenvalue weighted by molar-refractivity contribution is 7.13. The number of carbonyl (C=O) groups is 4. The van der Waals surface area contributed by atoms with E-state index in [2.05, 4.69) is 36.0 Å². The Balaban J connectivity index is 0.732. The Morgan fingerprint density at radius 3 is 2.35 bits per heavy atom. The summed E-state index contributed by atoms with van der Waals surface area (Å²) >= 11 is 1.59. The molecule has 3 N–H and O–H groups in total. The van der Waals surface area contributed by atoms with E-state index in [1.54, 1.807) is 67.1 Å². The van der Waals surface area contributed by atoms with Gasteiger partial charge in [-0.1, -0.05) is 61.8 Å². The topological polar surface area (TPSA) is 242 Å². The van der Waals surface area contributed by atoms with Gasteiger partial charge < -0.3 is 39.0 Å². The molecule has 3 amide bonds. The van der Waals surface area contributed by atoms with Gasteiger partial charge in [-0.2, -0.15) is 9.97 Å². The minimum atomic E-state index is -0.846. The standard InChI is InChI=1S/C62H77N11O9S/c1-37(39-14-16-41(17-15-39)52-38(2)63-36-83-52)64-56(76)47-30-43(74)32-72(47)57(77)53(59(3,4)5)73-33-46(68-70-73)40-22-28-71(29-23-40)34-61(26-27-61)35-79-49-31-50(80-44-20-18-42(19-21-44)65-58(78)81-60(6,7)8)67-55(66-49)51-45-12-11-25-62(54(45)82-69-51)24-10-9-13-48(62)75/h14-21,31,33,36-37,40,43,47,53,74H,9-13,22-30,32,34-35H2,1-8H3,(H,64,76)(H,65,78)/t37-,43+,47-,53+,62+/m0/s1. The summed E-state index contributed by atoms with van der Waals surface area (Å²) < 4.78 is 26.2. The lowest BCUT2D eigenvalue weighted by atomic mass is 9.64. The van der Waals surface area contributed by atoms with Crippen LogP contribution in [0.1, 0.15) is 165 Å². The number of nitrogens with one attached hydrogen (secondary N) is 2. The lowest BCUT2D eigenvalue weighted by Crippen LogP contribution is -2.50. The second-order valence-corrected chi connectivity index (χ2v) is 26.6. The molecule has 5 aliphatic rings. The molecule has 4 fully saturated rings. The molecule has 4 aromatic heterocycles. The maximum absolute atomic E-state index is 14.7. The van der Waals surface area contributed by atoms with Crippen molar-refractivity contribution in [1.29, 1.82) is 0 Å². The number of likely N-dealkylation sites (tertiary alicyclic amines) is 2. The Morgan fingerprint density at radius 2 is 1.66 bits per heavy atom. The SMILES string of the molecule is Cc1ncsc1-c1ccc([C@H](C)NC(=O)[C@@H]2C[C@@H](O)CN2C(=O)[C@@H](n2cc(C3CCN(CC4(COc5cc(Oc6ccc(NC(=O)OC(C)(C)C)cc6)nc(-c6noc7c6CCC[C@@]76CCCCC6=O)n5)CC4)CC3)nn2)C(C)(C)C)cc1. The van der Waals surface area contributed by atoms with Gasteiger partial charge in [-0.25, -0.2) is 14.5 Å². The molecule has 1 spiro atoms. The summed E-state index contributed by atoms with van der Waals surface area (Å²) in [5.41, 5.74) is 5.54. The van der Waals surface area contributed by atoms with Gasteiger partial charge in [0.15, 0.2) is 17.3 Å². The smallest absolute Gasteiger partial charge is 0.412 e. The lowest BCUT2D eigenvalue weighted by molar-refractivity contribution is -0.144. The van der Waals surface area contributed by atoms with Crippen molar-refractivity contribution in [1.82, 2.24) is 50.2 Å². The quantitative estimate of drug-likeness (QED) is 0.0816. The van der Waals surface area contributed by atoms with Crippen molar-refractivity contribution in [2.45, 2.75) is 174 Å². The van der Waals surface area contributed by atoms with Crippen LogP contribution in [-0.4, -0.2) is 124 Å². The van der Waals surface area contributed by atoms with Gasteiger partial charge in [0, 0.05) is 54.7 Å². The van der Waals surface area contributed by atoms with Gasteiger partial charge in [-0.3, -0.25) is 19.7 Å². The Kier molecular flexibility index (Phi) is 16.1. The van der Waals surface area contributed by atoms with E-state index >= 15 is 0 Å². The van der Waals surface area contributed by atoms with E-state index in [0.29, 0.717) is 54.0 Å². The number of thiazole rings is 1. The molecule has 2 saturated carbocycles. The van der Waals surface area contributed by atoms with Crippen molar-refractivity contribution < 1.29 is 43.0 Å². The molecule has 0 radical (unpaired) electrons. The van der Waals surface area contributed by atoms with Crippen molar-refractivity contribution in [2.24, 2.45) is 10.8 Å². The van der Waals surface area contributed by atoms with Gasteiger partial charge in [0.05, 0.1) is 52.0 Å². The highest BCUT2D eigenvalue weighted by Crippen LogP contribution is 2.49. The molecule has 3 aliphatic carbocycles. The van der Waals surface area contributed by atoms with Crippen LogP contribution >= 0.6 is 11.3 Å². The summed E-state index contributed by atoms with van der Waals surface area (Å²) in [6.45, 7) is 18.3. The van der Waals surface area contributed by atoms with Crippen molar-refractivity contribution in [3.8, 4) is 39.5 Å². The average molecular weight is 1150 g/mol. The number of aryl methyl sites for hydroxylation is 1. The molecule has 0 unspecified atom stereocenters. The number of ether oxygens (including phenoxy) is 3. The molecule has 6 heterocycles. The Hall–Kier alpha value is -7.10. The minimum absolute atomic E-state index is 0.0476. The van der Waals surface area contributed by atoms with E-state index in [1.165, 1.54) is 4.90 Å². The second kappa shape index (κ2) is 23.2. The van der Waals surface area contributed by atoms with Crippen molar-refractivity contribution in [2.75, 3.05) is 38.1 Å². The monoisotopic (exact) mass is 1150 g/mol. The molecule has 2 aromatic carbocycles. The Morgan fingerprint density at radius 1 is 0.928 bits per heavy atom. The maximum Gasteiger partial charge on any atom is 0.412 e. The maximum atomic E-state index is 14.7. The number of hydrogen-bond acceptors (Lipinski definition) is 17. The Labute approximate surface area is 488 Å². The molecule has 0 bridgehead atoms. The zero-order valence-corrected chi connectivity index (χ0v) is 49.7. The number of nitrogens with zero attached hydrogens (tertiary/aromatic N) is 9. The highest BCUT2D eigenvalue weighted by atomic mass is 32.1. The molecule has 11 rings (SSSR count). The molecule has 20 nitrogen and oxygen atoms in total. The second-order valence-electron chi connectivity index (χ2n) is 25.8. The summed E-state index contributed by atoms with van der Waals surface area (Å²) in [7, 11) is 0. The van der Waals surface area contributed by atoms with Crippen LogP contribution < -0.4 is 20.1 Å². The van der Waals surface area contributed by atoms with E-state index < -0.39 is 40.7 Å². The van der Waals surface area contributed by atoms with E-state index in [4.69, 9.17) is 28.7 Å². The zero-order valence-electron chi connectivity index (χ0n) is 48.9. The number of piperidine rings is 1. The summed E-state index contributed by atoms with van der Waals surface area (Å²) in [5, 5.41) is 30.6. The normalized spacial score (nSPS) is 21.7. The molecule has 21 heteroatoms. The summed E-state index contributed by atoms with van der Waals surface area (Å²) in [5.74, 6) is 1.75. The number of hydrogen-bond donors (Lipinski definition) is 3. The largest absolute Gasteiger partial charge is 0.477 e. The van der Waals surface area contributed by atoms with Crippen LogP contribution in [0.4, 0.5) is 10.5 Å². The van der Waals surface area contributed by atoms with Crippen LogP contribution in [-0.2, 0) is 31.0 Å². The van der Waals surface area contributed by atoms with Crippen LogP contribution in [0.2, 0.25) is 0 Å². The van der Waals surface area contributed by atoms with E-state index in [-0.39, 0.29) is 53.8 Å². The molecule has 440 valence electrons. The van der Waals surface area contributed by atoms with Gasteiger partial charge in [0.2, 0.25) is 23.6 Å². The molecule has 2 aliphatic heterocycles. The molecular weight excluding hydrogens is 1070 g/mol. The number of β-amino-alcohol motifs (C(OH)–C–C–N with tert-alkyl or cyclic N) is 1. The number of carbonyl (C=O) groups excluding carboxylic acids is 4. The van der Waals surface area contributed by atoms with Crippen LogP contribution in [0, 0.1) is 17.8 Å². The first-order chi connectivity index (χ1) is 39.6. The van der Waals surface area contributed by atoms with Gasteiger partial charge in [-0.15, -0.1) is 16.4 Å². The van der Waals surface area contributed by atoms with Crippen molar-refractivity contribution in [3.63, 3.8) is 0 Å². The number of anilines is 1. The number of fused-ring (bicyclic) bond motifs is 2. The van der Waals surface area contributed by atoms with E-state index in [0.717, 1.165) is 110 Å². The molecule has 5 atom stereocenters. The highest BCUT2D eigenvalue weighted by Gasteiger charge is 2.50. The summed E-state index contributed by atoms with van der Waals surface area (Å²) in [6, 6.07) is 14.7. The lowest BCUT2D eigenvalue weighted by Gasteiger charge is -2.36. The first-order valence-electron chi connectivity index (χ1n) is 29.4. The van der Waals surface area contributed by atoms with E-state index in [9.17, 15) is 24.3 Å². The van der Waals surface area contributed by atoms with Crippen LogP contribution in [0.5, 0.6) is 17.5 Å². The van der Waals surface area contributed by atoms with Crippen LogP contribution in [0.25, 0.3) is 22.0 Å². The fourth-order valence-corrected chi connectivity index (χ4v) is 13.4. The van der Waals surface area contributed by atoms with E-state index in [1.807, 2.05) is 70.6 Å². The van der Waals surface area contributed by atoms with Gasteiger partial charge in [0.1, 0.15) is 29.2 Å². The number of Topliss-reactive ketones (excluding diaryl/α,β-unsaturated/α-hetero) is 1. The van der Waals surface area contributed by atoms with Gasteiger partial charge in [-0.05, 0) is 146 Å². The molecule has 2 saturated heterocycles. The van der Waals surface area contributed by atoms with Gasteiger partial charge >= 0.3 is 6.09 Å². The molecule has 6 aromatic rings. The zero-order chi connectivity index (χ0) is 58.4. The first-order valence-corrected chi connectivity index (χ1v) is 30.3. The molecular formula is C62H77N11O9S. The fourth-order valence-electron chi connectivity index (χ4n) is 12.6. The predicted octanol–water partition coefficient (Wildman–Crippen LogP) is 10.5. The summed E-state index contributed by atoms with van der Waals surface area (Å²) in [6.07, 6.45) is 9.75. The van der Waals surface area contributed by atoms with Crippen molar-refractivity contribution >= 4 is 40.7 Å². The third kappa shape index (κ3) is 12.7. The fraction of sp³-hybridized carbons (Fsp3) is 0.548. The number of amides is 3. The predicted molar refractivity (Wildman–Crippen MR) is 311 cm³/mol. The van der Waals surface area contributed by atoms with Crippen molar-refractivity contribution in [3.05, 3.63) is 94.6 Å². The third-order valence-corrected chi connectivity index (χ3v) is 18.2.